The first kappa shape index (κ1) is 39.1. The van der Waals surface area contributed by atoms with Gasteiger partial charge in [0.25, 0.3) is 5.91 Å². The first-order valence-electron chi connectivity index (χ1n) is 14.7. The molecule has 2 heterocycles. The van der Waals surface area contributed by atoms with E-state index in [1.54, 1.807) is 29.2 Å². The lowest BCUT2D eigenvalue weighted by Crippen LogP contribution is -2.30. The highest BCUT2D eigenvalue weighted by atomic mass is 35.5. The van der Waals surface area contributed by atoms with Crippen LogP contribution in [-0.2, 0) is 23.9 Å². The Morgan fingerprint density at radius 3 is 2.40 bits per heavy atom. The number of nitrogens with zero attached hydrogens (tertiary/aromatic N) is 2. The van der Waals surface area contributed by atoms with Gasteiger partial charge in [-0.05, 0) is 72.9 Å². The third-order valence-electron chi connectivity index (χ3n) is 7.38. The molecular formula is C30H33ClF3N4O10PS. The van der Waals surface area contributed by atoms with Gasteiger partial charge in [0.15, 0.2) is 0 Å². The molecule has 1 aliphatic heterocycles. The number of sulfonamides is 1. The summed E-state index contributed by atoms with van der Waals surface area (Å²) in [6, 6.07) is 15.6. The van der Waals surface area contributed by atoms with Crippen LogP contribution in [0.3, 0.4) is 0 Å². The number of alkyl halides is 4. The second-order valence-corrected chi connectivity index (χ2v) is 14.6. The molecule has 0 saturated carbocycles. The van der Waals surface area contributed by atoms with Crippen LogP contribution in [0.4, 0.5) is 18.9 Å². The maximum absolute atomic E-state index is 13.7. The molecule has 1 aromatic heterocycles. The number of carboxylic acids is 1. The number of carboxylic acid groups (broad SMARTS) is 1. The highest BCUT2D eigenvalue weighted by molar-refractivity contribution is 7.89. The van der Waals surface area contributed by atoms with E-state index < -0.39 is 36.6 Å². The molecule has 5 N–H and O–H groups in total. The van der Waals surface area contributed by atoms with E-state index in [4.69, 9.17) is 36.0 Å². The molecule has 14 nitrogen and oxygen atoms in total. The summed E-state index contributed by atoms with van der Waals surface area (Å²) in [4.78, 5) is 47.1. The smallest absolute Gasteiger partial charge is 0.490 e. The third kappa shape index (κ3) is 9.73. The van der Waals surface area contributed by atoms with Crippen LogP contribution < -0.4 is 14.4 Å². The van der Waals surface area contributed by atoms with E-state index in [-0.39, 0.29) is 29.1 Å². The SMILES string of the molecule is CN(C)CCOc1ccc2[nH]c(C(=O)N3C[C@@H](CCl)c4c3ccc3cc(S(=O)(=O)NCCOP(=O)(O)O)ccc43)cc2c1.O=C(O)C(F)(F)F. The molecule has 3 aromatic carbocycles. The second kappa shape index (κ2) is 15.7. The van der Waals surface area contributed by atoms with Crippen molar-refractivity contribution in [3.05, 3.63) is 65.9 Å². The normalized spacial score (nSPS) is 14.9. The first-order chi connectivity index (χ1) is 23.3. The summed E-state index contributed by atoms with van der Waals surface area (Å²) in [6.45, 7) is 0.885. The fourth-order valence-electron chi connectivity index (χ4n) is 5.11. The Morgan fingerprint density at radius 2 is 1.78 bits per heavy atom. The number of aliphatic carboxylic acids is 1. The van der Waals surface area contributed by atoms with Crippen molar-refractivity contribution in [1.82, 2.24) is 14.6 Å². The van der Waals surface area contributed by atoms with Crippen LogP contribution in [0.2, 0.25) is 0 Å². The zero-order valence-electron chi connectivity index (χ0n) is 26.5. The van der Waals surface area contributed by atoms with Gasteiger partial charge in [-0.15, -0.1) is 11.6 Å². The number of halogens is 4. The lowest BCUT2D eigenvalue weighted by Gasteiger charge is -2.17. The molecule has 0 radical (unpaired) electrons. The second-order valence-electron chi connectivity index (χ2n) is 11.3. The standard InChI is InChI=1S/C28H32ClN4O8PS.C2HF3O2/c1-32(2)10-12-40-21-4-7-24-19(13-21)15-25(31-24)28(34)33-17-20(16-29)27-23-6-5-22(14-18(23)3-8-26(27)33)43(38,39)30-9-11-41-42(35,36)37;3-2(4,5)1(6)7/h3-8,13-15,20,30-31H,9-12,16-17H2,1-2H3,(H2,35,36,37);(H,6,7)/t20-;/m1./s1. The molecule has 272 valence electrons. The lowest BCUT2D eigenvalue weighted by atomic mass is 9.96. The molecule has 0 unspecified atom stereocenters. The van der Waals surface area contributed by atoms with Crippen molar-refractivity contribution >= 4 is 68.7 Å². The molecule has 0 saturated heterocycles. The summed E-state index contributed by atoms with van der Waals surface area (Å²) >= 11 is 6.37. The van der Waals surface area contributed by atoms with Crippen molar-refractivity contribution in [1.29, 1.82) is 0 Å². The number of anilines is 1. The number of carbonyl (C=O) groups is 2. The summed E-state index contributed by atoms with van der Waals surface area (Å²) in [6.07, 6.45) is -5.08. The molecule has 1 amide bonds. The van der Waals surface area contributed by atoms with Crippen molar-refractivity contribution in [3.8, 4) is 5.75 Å². The number of aromatic amines is 1. The molecule has 0 spiro atoms. The molecule has 5 rings (SSSR count). The number of phosphoric acid groups is 1. The fraction of sp³-hybridized carbons (Fsp3) is 0.333. The highest BCUT2D eigenvalue weighted by Gasteiger charge is 2.38. The van der Waals surface area contributed by atoms with Crippen molar-refractivity contribution < 1.29 is 59.9 Å². The Bertz CT molecular complexity index is 2040. The maximum atomic E-state index is 13.7. The number of likely N-dealkylation sites (N-methyl/N-ethyl adjacent to an activating group) is 1. The minimum Gasteiger partial charge on any atom is -0.492 e. The molecule has 1 atom stereocenters. The summed E-state index contributed by atoms with van der Waals surface area (Å²) < 4.78 is 80.5. The Hall–Kier alpha value is -3.74. The molecular weight excluding hydrogens is 732 g/mol. The molecule has 0 bridgehead atoms. The number of hydrogen-bond acceptors (Lipinski definition) is 8. The van der Waals surface area contributed by atoms with E-state index >= 15 is 0 Å². The topological polar surface area (TPSA) is 199 Å². The van der Waals surface area contributed by atoms with Crippen LogP contribution >= 0.6 is 19.4 Å². The number of nitrogens with one attached hydrogen (secondary N) is 2. The predicted octanol–water partition coefficient (Wildman–Crippen LogP) is 4.27. The number of hydrogen-bond donors (Lipinski definition) is 5. The Morgan fingerprint density at radius 1 is 1.08 bits per heavy atom. The fourth-order valence-corrected chi connectivity index (χ4v) is 6.74. The monoisotopic (exact) mass is 764 g/mol. The number of aromatic nitrogens is 1. The Kier molecular flexibility index (Phi) is 12.2. The van der Waals surface area contributed by atoms with E-state index in [2.05, 4.69) is 14.2 Å². The van der Waals surface area contributed by atoms with Gasteiger partial charge in [-0.2, -0.15) is 13.2 Å². The number of fused-ring (bicyclic) bond motifs is 4. The minimum absolute atomic E-state index is 0.0207. The average Bonchev–Trinajstić information content (AvgIpc) is 3.63. The first-order valence-corrected chi connectivity index (χ1v) is 18.2. The van der Waals surface area contributed by atoms with Gasteiger partial charge < -0.3 is 34.4 Å². The highest BCUT2D eigenvalue weighted by Crippen LogP contribution is 2.43. The summed E-state index contributed by atoms with van der Waals surface area (Å²) in [5.41, 5.74) is 2.81. The quantitative estimate of drug-likeness (QED) is 0.0785. The van der Waals surface area contributed by atoms with Gasteiger partial charge >= 0.3 is 20.0 Å². The zero-order valence-corrected chi connectivity index (χ0v) is 28.9. The van der Waals surface area contributed by atoms with Crippen LogP contribution in [0.25, 0.3) is 21.7 Å². The largest absolute Gasteiger partial charge is 0.492 e. The number of H-pyrrole nitrogens is 1. The van der Waals surface area contributed by atoms with Gasteiger partial charge in [-0.3, -0.25) is 9.32 Å². The van der Waals surface area contributed by atoms with Crippen molar-refractivity contribution in [2.45, 2.75) is 17.0 Å². The van der Waals surface area contributed by atoms with E-state index in [9.17, 15) is 30.9 Å². The lowest BCUT2D eigenvalue weighted by molar-refractivity contribution is -0.192. The van der Waals surface area contributed by atoms with Crippen LogP contribution in [0.15, 0.2) is 59.5 Å². The van der Waals surface area contributed by atoms with E-state index in [0.29, 0.717) is 29.9 Å². The van der Waals surface area contributed by atoms with Gasteiger partial charge in [0.1, 0.15) is 18.1 Å². The van der Waals surface area contributed by atoms with Crippen LogP contribution in [0.1, 0.15) is 22.0 Å². The summed E-state index contributed by atoms with van der Waals surface area (Å²) in [5.74, 6) is -2.15. The summed E-state index contributed by atoms with van der Waals surface area (Å²) in [7, 11) is -4.72. The number of rotatable bonds is 12. The van der Waals surface area contributed by atoms with E-state index in [1.807, 2.05) is 37.2 Å². The number of amides is 1. The molecule has 1 aliphatic rings. The zero-order chi connectivity index (χ0) is 37.0. The average molecular weight is 765 g/mol. The van der Waals surface area contributed by atoms with Crippen molar-refractivity contribution in [3.63, 3.8) is 0 Å². The van der Waals surface area contributed by atoms with Gasteiger partial charge in [0.05, 0.1) is 11.5 Å². The van der Waals surface area contributed by atoms with Crippen molar-refractivity contribution in [2.75, 3.05) is 57.7 Å². The molecule has 4 aromatic rings. The van der Waals surface area contributed by atoms with Gasteiger partial charge in [-0.25, -0.2) is 22.5 Å². The minimum atomic E-state index is -5.08. The van der Waals surface area contributed by atoms with Crippen LogP contribution in [0.5, 0.6) is 5.75 Å². The number of carbonyl (C=O) groups excluding carboxylic acids is 1. The van der Waals surface area contributed by atoms with Gasteiger partial charge in [-0.1, -0.05) is 12.1 Å². The molecule has 0 aliphatic carbocycles. The summed E-state index contributed by atoms with van der Waals surface area (Å²) in [5, 5.41) is 9.40. The Labute approximate surface area is 289 Å². The molecule has 0 fully saturated rings. The number of ether oxygens (including phenoxy) is 1. The van der Waals surface area contributed by atoms with Gasteiger partial charge in [0.2, 0.25) is 10.0 Å². The van der Waals surface area contributed by atoms with E-state index in [1.165, 1.54) is 12.1 Å². The molecule has 20 heteroatoms. The Balaban J connectivity index is 0.000000727. The van der Waals surface area contributed by atoms with Gasteiger partial charge in [0, 0.05) is 48.0 Å². The van der Waals surface area contributed by atoms with Crippen LogP contribution in [-0.4, -0.2) is 104 Å². The van der Waals surface area contributed by atoms with Crippen molar-refractivity contribution in [2.24, 2.45) is 0 Å². The maximum Gasteiger partial charge on any atom is 0.490 e. The predicted molar refractivity (Wildman–Crippen MR) is 178 cm³/mol. The van der Waals surface area contributed by atoms with Crippen LogP contribution in [0, 0.1) is 0 Å². The number of phosphoric ester groups is 1. The third-order valence-corrected chi connectivity index (χ3v) is 9.73. The molecule has 50 heavy (non-hydrogen) atoms. The van der Waals surface area contributed by atoms with E-state index in [0.717, 1.165) is 34.1 Å². The number of benzene rings is 3.